The predicted molar refractivity (Wildman–Crippen MR) is 99.0 cm³/mol. The zero-order chi connectivity index (χ0) is 18.7. The molecule has 26 heavy (non-hydrogen) atoms. The maximum absolute atomic E-state index is 12.3. The normalized spacial score (nSPS) is 23.0. The summed E-state index contributed by atoms with van der Waals surface area (Å²) in [6.45, 7) is 2.31. The van der Waals surface area contributed by atoms with Crippen molar-refractivity contribution in [3.63, 3.8) is 0 Å². The lowest BCUT2D eigenvalue weighted by atomic mass is 10.2. The van der Waals surface area contributed by atoms with Crippen molar-refractivity contribution in [1.29, 1.82) is 0 Å². The highest BCUT2D eigenvalue weighted by molar-refractivity contribution is 7.91. The van der Waals surface area contributed by atoms with Gasteiger partial charge in [0.1, 0.15) is 0 Å². The quantitative estimate of drug-likeness (QED) is 0.792. The van der Waals surface area contributed by atoms with E-state index in [0.717, 1.165) is 0 Å². The van der Waals surface area contributed by atoms with Crippen LogP contribution in [0.1, 0.15) is 16.8 Å². The lowest BCUT2D eigenvalue weighted by molar-refractivity contribution is -0.132. The molecule has 9 heteroatoms. The van der Waals surface area contributed by atoms with Gasteiger partial charge in [-0.1, -0.05) is 23.7 Å². The summed E-state index contributed by atoms with van der Waals surface area (Å²) >= 11 is 5.98. The molecule has 0 spiro atoms. The van der Waals surface area contributed by atoms with Gasteiger partial charge in [0.25, 0.3) is 5.91 Å². The first-order valence-corrected chi connectivity index (χ1v) is 10.8. The van der Waals surface area contributed by atoms with Gasteiger partial charge in [0.2, 0.25) is 5.91 Å². The summed E-state index contributed by atoms with van der Waals surface area (Å²) in [5.41, 5.74) is 0.342. The van der Waals surface area contributed by atoms with E-state index in [1.165, 1.54) is 0 Å². The SMILES string of the molecule is O=C(NCC(=O)N1CCN([C@H]2CCS(=O)(=O)C2)CC1)c1ccccc1Cl. The van der Waals surface area contributed by atoms with Crippen LogP contribution >= 0.6 is 11.6 Å². The van der Waals surface area contributed by atoms with Crippen molar-refractivity contribution in [3.8, 4) is 0 Å². The summed E-state index contributed by atoms with van der Waals surface area (Å²) < 4.78 is 23.2. The van der Waals surface area contributed by atoms with Gasteiger partial charge in [0.15, 0.2) is 9.84 Å². The van der Waals surface area contributed by atoms with Crippen LogP contribution in [0.3, 0.4) is 0 Å². The van der Waals surface area contributed by atoms with Gasteiger partial charge in [-0.25, -0.2) is 8.42 Å². The monoisotopic (exact) mass is 399 g/mol. The summed E-state index contributed by atoms with van der Waals surface area (Å²) in [6, 6.07) is 6.75. The smallest absolute Gasteiger partial charge is 0.253 e. The van der Waals surface area contributed by atoms with Crippen molar-refractivity contribution in [2.45, 2.75) is 12.5 Å². The van der Waals surface area contributed by atoms with Gasteiger partial charge < -0.3 is 10.2 Å². The van der Waals surface area contributed by atoms with Crippen LogP contribution in [0.15, 0.2) is 24.3 Å². The Morgan fingerprint density at radius 2 is 1.85 bits per heavy atom. The standard InChI is InChI=1S/C17H22ClN3O4S/c18-15-4-2-1-3-14(15)17(23)19-11-16(22)21-8-6-20(7-9-21)13-5-10-26(24,25)12-13/h1-4,13H,5-12H2,(H,19,23)/t13-/m0/s1. The highest BCUT2D eigenvalue weighted by atomic mass is 35.5. The summed E-state index contributed by atoms with van der Waals surface area (Å²) in [7, 11) is -2.90. The summed E-state index contributed by atoms with van der Waals surface area (Å²) in [6.07, 6.45) is 0.671. The van der Waals surface area contributed by atoms with E-state index in [-0.39, 0.29) is 35.9 Å². The van der Waals surface area contributed by atoms with Gasteiger partial charge in [-0.2, -0.15) is 0 Å². The van der Waals surface area contributed by atoms with Crippen molar-refractivity contribution in [1.82, 2.24) is 15.1 Å². The second-order valence-corrected chi connectivity index (χ2v) is 9.27. The number of benzene rings is 1. The molecule has 0 aliphatic carbocycles. The molecule has 7 nitrogen and oxygen atoms in total. The summed E-state index contributed by atoms with van der Waals surface area (Å²) in [4.78, 5) is 28.3. The molecule has 0 unspecified atom stereocenters. The van der Waals surface area contributed by atoms with E-state index in [1.807, 2.05) is 0 Å². The topological polar surface area (TPSA) is 86.8 Å². The molecular formula is C17H22ClN3O4S. The maximum Gasteiger partial charge on any atom is 0.253 e. The van der Waals surface area contributed by atoms with E-state index >= 15 is 0 Å². The van der Waals surface area contributed by atoms with Gasteiger partial charge in [0.05, 0.1) is 28.6 Å². The zero-order valence-corrected chi connectivity index (χ0v) is 15.9. The minimum atomic E-state index is -2.90. The van der Waals surface area contributed by atoms with Crippen molar-refractivity contribution in [2.24, 2.45) is 0 Å². The van der Waals surface area contributed by atoms with Gasteiger partial charge in [-0.3, -0.25) is 14.5 Å². The highest BCUT2D eigenvalue weighted by Crippen LogP contribution is 2.19. The molecule has 2 saturated heterocycles. The Morgan fingerprint density at radius 1 is 1.15 bits per heavy atom. The third-order valence-electron chi connectivity index (χ3n) is 4.91. The van der Waals surface area contributed by atoms with Gasteiger partial charge in [-0.05, 0) is 18.6 Å². The molecule has 2 fully saturated rings. The molecule has 1 atom stereocenters. The first-order valence-electron chi connectivity index (χ1n) is 8.61. The number of halogens is 1. The Balaban J connectivity index is 1.45. The molecule has 2 aliphatic heterocycles. The molecule has 3 rings (SSSR count). The fraction of sp³-hybridized carbons (Fsp3) is 0.529. The Kier molecular flexibility index (Phi) is 5.84. The summed E-state index contributed by atoms with van der Waals surface area (Å²) in [5.74, 6) is -0.0532. The number of piperazine rings is 1. The van der Waals surface area contributed by atoms with Crippen LogP contribution in [0.4, 0.5) is 0 Å². The number of amides is 2. The molecule has 2 amide bonds. The molecule has 0 bridgehead atoms. The van der Waals surface area contributed by atoms with Crippen LogP contribution in [0.2, 0.25) is 5.02 Å². The summed E-state index contributed by atoms with van der Waals surface area (Å²) in [5, 5.41) is 2.95. The maximum atomic E-state index is 12.3. The highest BCUT2D eigenvalue weighted by Gasteiger charge is 2.34. The van der Waals surface area contributed by atoms with Crippen molar-refractivity contribution in [2.75, 3.05) is 44.2 Å². The Labute approximate surface area is 158 Å². The lowest BCUT2D eigenvalue weighted by Gasteiger charge is -2.37. The van der Waals surface area contributed by atoms with Crippen LogP contribution in [0.5, 0.6) is 0 Å². The number of hydrogen-bond donors (Lipinski definition) is 1. The molecule has 0 saturated carbocycles. The fourth-order valence-corrected chi connectivity index (χ4v) is 5.39. The number of carbonyl (C=O) groups excluding carboxylic acids is 2. The van der Waals surface area contributed by atoms with E-state index in [0.29, 0.717) is 43.2 Å². The fourth-order valence-electron chi connectivity index (χ4n) is 3.41. The van der Waals surface area contributed by atoms with E-state index < -0.39 is 9.84 Å². The largest absolute Gasteiger partial charge is 0.343 e. The number of carbonyl (C=O) groups is 2. The average Bonchev–Trinajstić information content (AvgIpc) is 3.00. The number of sulfone groups is 1. The Hall–Kier alpha value is -1.64. The molecule has 142 valence electrons. The van der Waals surface area contributed by atoms with E-state index in [4.69, 9.17) is 11.6 Å². The molecule has 1 aromatic carbocycles. The van der Waals surface area contributed by atoms with Crippen LogP contribution < -0.4 is 5.32 Å². The van der Waals surface area contributed by atoms with E-state index in [9.17, 15) is 18.0 Å². The van der Waals surface area contributed by atoms with Crippen LogP contribution in [0.25, 0.3) is 0 Å². The molecule has 2 heterocycles. The predicted octanol–water partition coefficient (Wildman–Crippen LogP) is 0.401. The minimum absolute atomic E-state index is 0.0668. The number of hydrogen-bond acceptors (Lipinski definition) is 5. The average molecular weight is 400 g/mol. The van der Waals surface area contributed by atoms with Crippen LogP contribution in [-0.4, -0.2) is 80.3 Å². The third kappa shape index (κ3) is 4.55. The Bertz CT molecular complexity index is 791. The zero-order valence-electron chi connectivity index (χ0n) is 14.4. The number of nitrogens with one attached hydrogen (secondary N) is 1. The van der Waals surface area contributed by atoms with Crippen LogP contribution in [0, 0.1) is 0 Å². The molecule has 1 aromatic rings. The molecule has 0 radical (unpaired) electrons. The molecule has 1 N–H and O–H groups in total. The molecular weight excluding hydrogens is 378 g/mol. The molecule has 2 aliphatic rings. The first-order chi connectivity index (χ1) is 12.4. The van der Waals surface area contributed by atoms with Gasteiger partial charge in [-0.15, -0.1) is 0 Å². The Morgan fingerprint density at radius 3 is 2.46 bits per heavy atom. The van der Waals surface area contributed by atoms with E-state index in [1.54, 1.807) is 29.2 Å². The number of nitrogens with zero attached hydrogens (tertiary/aromatic N) is 2. The third-order valence-corrected chi connectivity index (χ3v) is 6.99. The van der Waals surface area contributed by atoms with Crippen LogP contribution in [-0.2, 0) is 14.6 Å². The minimum Gasteiger partial charge on any atom is -0.343 e. The van der Waals surface area contributed by atoms with Crippen molar-refractivity contribution >= 4 is 33.3 Å². The number of rotatable bonds is 4. The van der Waals surface area contributed by atoms with Crippen molar-refractivity contribution < 1.29 is 18.0 Å². The van der Waals surface area contributed by atoms with E-state index in [2.05, 4.69) is 10.2 Å². The van der Waals surface area contributed by atoms with Gasteiger partial charge in [0, 0.05) is 32.2 Å². The second kappa shape index (κ2) is 7.94. The second-order valence-electron chi connectivity index (χ2n) is 6.64. The molecule has 0 aromatic heterocycles. The lowest BCUT2D eigenvalue weighted by Crippen LogP contribution is -2.54. The van der Waals surface area contributed by atoms with Gasteiger partial charge >= 0.3 is 0 Å². The first kappa shape index (κ1) is 19.1. The van der Waals surface area contributed by atoms with Crippen molar-refractivity contribution in [3.05, 3.63) is 34.9 Å².